The molecule has 0 radical (unpaired) electrons. The zero-order chi connectivity index (χ0) is 25.3. The van der Waals surface area contributed by atoms with E-state index in [9.17, 15) is 18.0 Å². The van der Waals surface area contributed by atoms with Crippen LogP contribution in [0.3, 0.4) is 0 Å². The maximum absolute atomic E-state index is 13.9. The molecule has 190 valence electrons. The molecule has 5 nitrogen and oxygen atoms in total. The molecule has 1 aliphatic heterocycles. The van der Waals surface area contributed by atoms with Gasteiger partial charge in [0.1, 0.15) is 11.5 Å². The molecule has 2 fully saturated rings. The number of aryl methyl sites for hydroxylation is 1. The van der Waals surface area contributed by atoms with E-state index in [4.69, 9.17) is 0 Å². The van der Waals surface area contributed by atoms with Crippen molar-refractivity contribution in [1.29, 1.82) is 0 Å². The van der Waals surface area contributed by atoms with Crippen LogP contribution in [-0.4, -0.2) is 39.9 Å². The van der Waals surface area contributed by atoms with Crippen LogP contribution in [0.4, 0.5) is 19.0 Å². The third kappa shape index (κ3) is 5.12. The van der Waals surface area contributed by atoms with Gasteiger partial charge in [-0.15, -0.1) is 11.3 Å². The third-order valence-electron chi connectivity index (χ3n) is 7.50. The summed E-state index contributed by atoms with van der Waals surface area (Å²) in [4.78, 5) is 25.3. The first-order valence-corrected chi connectivity index (χ1v) is 13.2. The number of aromatic nitrogens is 2. The molecule has 2 aliphatic rings. The summed E-state index contributed by atoms with van der Waals surface area (Å²) in [6.45, 7) is 2.99. The van der Waals surface area contributed by atoms with Crippen LogP contribution in [-0.2, 0) is 6.18 Å². The Balaban J connectivity index is 1.38. The van der Waals surface area contributed by atoms with Gasteiger partial charge >= 0.3 is 6.18 Å². The van der Waals surface area contributed by atoms with Crippen LogP contribution in [0.5, 0.6) is 0 Å². The molecule has 1 saturated carbocycles. The van der Waals surface area contributed by atoms with Crippen LogP contribution in [0, 0.1) is 12.3 Å². The van der Waals surface area contributed by atoms with Crippen molar-refractivity contribution in [2.75, 3.05) is 18.4 Å². The average Bonchev–Trinajstić information content (AvgIpc) is 3.49. The fourth-order valence-corrected chi connectivity index (χ4v) is 6.58. The minimum absolute atomic E-state index is 0.0850. The number of nitrogens with one attached hydrogen (secondary N) is 1. The Kier molecular flexibility index (Phi) is 6.76. The van der Waals surface area contributed by atoms with Crippen molar-refractivity contribution in [3.05, 3.63) is 64.9 Å². The predicted molar refractivity (Wildman–Crippen MR) is 135 cm³/mol. The molecule has 5 rings (SSSR count). The van der Waals surface area contributed by atoms with Gasteiger partial charge in [-0.1, -0.05) is 43.2 Å². The first kappa shape index (κ1) is 24.7. The summed E-state index contributed by atoms with van der Waals surface area (Å²) in [7, 11) is 0. The van der Waals surface area contributed by atoms with E-state index in [0.29, 0.717) is 24.6 Å². The average molecular weight is 515 g/mol. The number of amides is 1. The van der Waals surface area contributed by atoms with Gasteiger partial charge in [0.05, 0.1) is 15.4 Å². The molecule has 0 bridgehead atoms. The quantitative estimate of drug-likeness (QED) is 0.406. The Morgan fingerprint density at radius 3 is 2.56 bits per heavy atom. The largest absolute Gasteiger partial charge is 0.417 e. The molecule has 9 heteroatoms. The minimum atomic E-state index is -4.42. The molecular weight excluding hydrogens is 485 g/mol. The second-order valence-electron chi connectivity index (χ2n) is 9.90. The van der Waals surface area contributed by atoms with E-state index in [1.54, 1.807) is 0 Å². The molecular formula is C27H29F3N4OS. The van der Waals surface area contributed by atoms with Crippen molar-refractivity contribution in [2.45, 2.75) is 57.7 Å². The monoisotopic (exact) mass is 514 g/mol. The number of halogens is 3. The van der Waals surface area contributed by atoms with E-state index in [2.05, 4.69) is 15.3 Å². The number of carbonyl (C=O) groups is 1. The van der Waals surface area contributed by atoms with Crippen molar-refractivity contribution in [2.24, 2.45) is 5.41 Å². The van der Waals surface area contributed by atoms with E-state index in [1.807, 2.05) is 42.2 Å². The Hall–Kier alpha value is -2.94. The molecule has 1 aromatic carbocycles. The van der Waals surface area contributed by atoms with Gasteiger partial charge in [-0.25, -0.2) is 9.97 Å². The highest BCUT2D eigenvalue weighted by molar-refractivity contribution is 7.15. The standard InChI is InChI=1S/C27H29F3N4OS/c1-18-33-23(24(36-18)19-7-3-2-4-8-19)25(35)34-14-13-26(11-5-6-12-26)15-21(34)17-32-22-10-9-20(16-31-22)27(28,29)30/h2-4,7-10,16,21H,5-6,11-15,17H2,1H3,(H,31,32). The van der Waals surface area contributed by atoms with Gasteiger partial charge in [-0.2, -0.15) is 13.2 Å². The molecule has 1 spiro atoms. The summed E-state index contributed by atoms with van der Waals surface area (Å²) in [6, 6.07) is 12.1. The van der Waals surface area contributed by atoms with E-state index >= 15 is 0 Å². The zero-order valence-corrected chi connectivity index (χ0v) is 21.0. The first-order chi connectivity index (χ1) is 17.2. The first-order valence-electron chi connectivity index (χ1n) is 12.4. The number of alkyl halides is 3. The SMILES string of the molecule is Cc1nc(C(=O)N2CCC3(CCCC3)CC2CNc2ccc(C(F)(F)F)cn2)c(-c2ccccc2)s1. The van der Waals surface area contributed by atoms with Gasteiger partial charge in [-0.3, -0.25) is 4.79 Å². The summed E-state index contributed by atoms with van der Waals surface area (Å²) >= 11 is 1.52. The predicted octanol–water partition coefficient (Wildman–Crippen LogP) is 6.81. The maximum Gasteiger partial charge on any atom is 0.417 e. The van der Waals surface area contributed by atoms with Crippen LogP contribution in [0.1, 0.15) is 59.6 Å². The summed E-state index contributed by atoms with van der Waals surface area (Å²) < 4.78 is 38.7. The van der Waals surface area contributed by atoms with Crippen LogP contribution in [0.25, 0.3) is 10.4 Å². The lowest BCUT2D eigenvalue weighted by Crippen LogP contribution is -2.52. The van der Waals surface area contributed by atoms with Gasteiger partial charge in [0.2, 0.25) is 0 Å². The number of likely N-dealkylation sites (tertiary alicyclic amines) is 1. The Labute approximate surface area is 212 Å². The number of pyridine rings is 1. The van der Waals surface area contributed by atoms with Crippen LogP contribution in [0.15, 0.2) is 48.7 Å². The highest BCUT2D eigenvalue weighted by Crippen LogP contribution is 2.48. The highest BCUT2D eigenvalue weighted by atomic mass is 32.1. The number of anilines is 1. The normalized spacial score (nSPS) is 19.6. The maximum atomic E-state index is 13.9. The highest BCUT2D eigenvalue weighted by Gasteiger charge is 2.43. The number of piperidine rings is 1. The number of rotatable bonds is 5. The van der Waals surface area contributed by atoms with E-state index in [1.165, 1.54) is 30.2 Å². The lowest BCUT2D eigenvalue weighted by atomic mass is 9.74. The molecule has 2 aromatic heterocycles. The van der Waals surface area contributed by atoms with Crippen LogP contribution < -0.4 is 5.32 Å². The third-order valence-corrected chi connectivity index (χ3v) is 8.52. The van der Waals surface area contributed by atoms with Gasteiger partial charge in [0.25, 0.3) is 5.91 Å². The van der Waals surface area contributed by atoms with Crippen molar-refractivity contribution >= 4 is 23.1 Å². The van der Waals surface area contributed by atoms with Gasteiger partial charge < -0.3 is 10.2 Å². The number of thiazole rings is 1. The summed E-state index contributed by atoms with van der Waals surface area (Å²) in [5, 5.41) is 4.04. The number of hydrogen-bond donors (Lipinski definition) is 1. The summed E-state index contributed by atoms with van der Waals surface area (Å²) in [6.07, 6.45) is 3.00. The van der Waals surface area contributed by atoms with E-state index in [-0.39, 0.29) is 17.4 Å². The molecule has 1 N–H and O–H groups in total. The molecule has 1 aliphatic carbocycles. The molecule has 1 saturated heterocycles. The Morgan fingerprint density at radius 1 is 1.14 bits per heavy atom. The van der Waals surface area contributed by atoms with Gasteiger partial charge in [-0.05, 0) is 55.7 Å². The zero-order valence-electron chi connectivity index (χ0n) is 20.1. The van der Waals surface area contributed by atoms with E-state index < -0.39 is 11.7 Å². The minimum Gasteiger partial charge on any atom is -0.368 e. The van der Waals surface area contributed by atoms with E-state index in [0.717, 1.165) is 53.4 Å². The summed E-state index contributed by atoms with van der Waals surface area (Å²) in [5.41, 5.74) is 0.902. The van der Waals surface area contributed by atoms with Crippen molar-refractivity contribution in [1.82, 2.24) is 14.9 Å². The van der Waals surface area contributed by atoms with Crippen LogP contribution >= 0.6 is 11.3 Å². The molecule has 1 amide bonds. The fraction of sp³-hybridized carbons (Fsp3) is 0.444. The Bertz CT molecular complexity index is 1200. The summed E-state index contributed by atoms with van der Waals surface area (Å²) in [5.74, 6) is 0.286. The Morgan fingerprint density at radius 2 is 1.89 bits per heavy atom. The fourth-order valence-electron chi connectivity index (χ4n) is 5.66. The number of nitrogens with zero attached hydrogens (tertiary/aromatic N) is 3. The lowest BCUT2D eigenvalue weighted by molar-refractivity contribution is -0.137. The number of hydrogen-bond acceptors (Lipinski definition) is 5. The van der Waals surface area contributed by atoms with Crippen molar-refractivity contribution in [3.8, 4) is 10.4 Å². The number of benzene rings is 1. The van der Waals surface area contributed by atoms with Crippen molar-refractivity contribution in [3.63, 3.8) is 0 Å². The van der Waals surface area contributed by atoms with Gasteiger partial charge in [0, 0.05) is 25.3 Å². The topological polar surface area (TPSA) is 58.1 Å². The molecule has 1 unspecified atom stereocenters. The molecule has 3 aromatic rings. The van der Waals surface area contributed by atoms with Gasteiger partial charge in [0.15, 0.2) is 0 Å². The second-order valence-corrected chi connectivity index (χ2v) is 11.1. The number of carbonyl (C=O) groups excluding carboxylic acids is 1. The van der Waals surface area contributed by atoms with Crippen molar-refractivity contribution < 1.29 is 18.0 Å². The molecule has 36 heavy (non-hydrogen) atoms. The lowest BCUT2D eigenvalue weighted by Gasteiger charge is -2.45. The van der Waals surface area contributed by atoms with Crippen LogP contribution in [0.2, 0.25) is 0 Å². The molecule has 1 atom stereocenters. The molecule has 3 heterocycles. The smallest absolute Gasteiger partial charge is 0.368 e. The second kappa shape index (κ2) is 9.84.